The molecule has 0 aliphatic carbocycles. The van der Waals surface area contributed by atoms with E-state index in [4.69, 9.17) is 10.5 Å². The van der Waals surface area contributed by atoms with Crippen LogP contribution in [-0.2, 0) is 33.5 Å². The second-order valence-corrected chi connectivity index (χ2v) is 10.0. The number of carbonyl (C=O) groups excluding carboxylic acids is 2. The lowest BCUT2D eigenvalue weighted by molar-refractivity contribution is -0.162. The molecule has 3 heterocycles. The molecule has 4 rings (SSSR count). The number of thiophene rings is 1. The van der Waals surface area contributed by atoms with Crippen molar-refractivity contribution in [3.05, 3.63) is 55.6 Å². The number of halogens is 3. The van der Waals surface area contributed by atoms with Gasteiger partial charge in [0.25, 0.3) is 5.56 Å². The summed E-state index contributed by atoms with van der Waals surface area (Å²) in [6.07, 6.45) is -4.71. The Morgan fingerprint density at radius 1 is 1.17 bits per heavy atom. The van der Waals surface area contributed by atoms with E-state index >= 15 is 0 Å². The van der Waals surface area contributed by atoms with Crippen molar-refractivity contribution in [2.75, 3.05) is 6.54 Å². The summed E-state index contributed by atoms with van der Waals surface area (Å²) in [5, 5.41) is 8.94. The number of carbonyl (C=O) groups is 2. The van der Waals surface area contributed by atoms with Crippen LogP contribution in [0.1, 0.15) is 30.1 Å². The molecule has 1 aromatic carbocycles. The van der Waals surface area contributed by atoms with Crippen LogP contribution in [0.5, 0.6) is 0 Å². The van der Waals surface area contributed by atoms with E-state index in [0.717, 1.165) is 28.2 Å². The number of nitrogens with two attached hydrogens (primary N) is 1. The number of hydrogen-bond donors (Lipinski definition) is 1. The Bertz CT molecular complexity index is 1500. The number of rotatable bonds is 7. The quantitative estimate of drug-likeness (QED) is 0.368. The molecule has 8 nitrogen and oxygen atoms in total. The molecule has 0 unspecified atom stereocenters. The average Bonchev–Trinajstić information content (AvgIpc) is 3.42. The molecule has 0 saturated carbocycles. The summed E-state index contributed by atoms with van der Waals surface area (Å²) in [6, 6.07) is 3.28. The van der Waals surface area contributed by atoms with Gasteiger partial charge >= 0.3 is 12.1 Å². The molecule has 0 aliphatic rings. The van der Waals surface area contributed by atoms with Gasteiger partial charge in [0.05, 0.1) is 46.4 Å². The fourth-order valence-corrected chi connectivity index (χ4v) is 5.16. The molecule has 0 fully saturated rings. The predicted octanol–water partition coefficient (Wildman–Crippen LogP) is 3.53. The van der Waals surface area contributed by atoms with Crippen LogP contribution < -0.4 is 11.3 Å². The Morgan fingerprint density at radius 2 is 1.89 bits per heavy atom. The molecule has 4 aromatic rings. The van der Waals surface area contributed by atoms with E-state index in [1.165, 1.54) is 31.3 Å². The average molecular weight is 525 g/mol. The van der Waals surface area contributed by atoms with E-state index < -0.39 is 34.7 Å². The van der Waals surface area contributed by atoms with Crippen molar-refractivity contribution in [3.63, 3.8) is 0 Å². The molecule has 0 radical (unpaired) electrons. The number of Topliss-reactive ketones (excluding diaryl/α,β-unsaturated/α-hetero) is 1. The minimum absolute atomic E-state index is 0.0853. The molecule has 2 N–H and O–H groups in total. The van der Waals surface area contributed by atoms with Crippen molar-refractivity contribution in [3.8, 4) is 0 Å². The minimum Gasteiger partial charge on any atom is -0.451 e. The van der Waals surface area contributed by atoms with E-state index in [1.54, 1.807) is 10.8 Å². The molecular weight excluding hydrogens is 505 g/mol. The van der Waals surface area contributed by atoms with E-state index in [2.05, 4.69) is 10.1 Å². The lowest BCUT2D eigenvalue weighted by Crippen LogP contribution is -2.40. The van der Waals surface area contributed by atoms with Crippen molar-refractivity contribution >= 4 is 55.4 Å². The minimum atomic E-state index is -4.49. The molecule has 3 aromatic heterocycles. The number of benzene rings is 1. The lowest BCUT2D eigenvalue weighted by atomic mass is 9.98. The summed E-state index contributed by atoms with van der Waals surface area (Å²) < 4.78 is 45.9. The van der Waals surface area contributed by atoms with Crippen LogP contribution in [0.25, 0.3) is 21.0 Å². The molecule has 35 heavy (non-hydrogen) atoms. The van der Waals surface area contributed by atoms with E-state index in [9.17, 15) is 27.6 Å². The first kappa shape index (κ1) is 24.9. The highest BCUT2D eigenvalue weighted by Crippen LogP contribution is 2.33. The highest BCUT2D eigenvalue weighted by atomic mass is 32.1. The van der Waals surface area contributed by atoms with E-state index in [-0.39, 0.29) is 25.0 Å². The van der Waals surface area contributed by atoms with Crippen LogP contribution in [0.2, 0.25) is 0 Å². The van der Waals surface area contributed by atoms with Crippen molar-refractivity contribution in [2.45, 2.75) is 38.6 Å². The summed E-state index contributed by atoms with van der Waals surface area (Å²) in [5.74, 6) is -1.17. The molecule has 0 bridgehead atoms. The summed E-state index contributed by atoms with van der Waals surface area (Å²) in [6.45, 7) is 2.43. The van der Waals surface area contributed by atoms with Crippen molar-refractivity contribution in [2.24, 2.45) is 5.73 Å². The third-order valence-corrected chi connectivity index (χ3v) is 7.02. The number of nitrogens with zero attached hydrogens (tertiary/aromatic N) is 3. The topological polar surface area (TPSA) is 117 Å². The number of hydrogen-bond acceptors (Lipinski definition) is 9. The van der Waals surface area contributed by atoms with Crippen LogP contribution in [0.4, 0.5) is 13.2 Å². The number of ether oxygens (including phenoxy) is 1. The number of ketones is 1. The third-order valence-electron chi connectivity index (χ3n) is 5.26. The Balaban J connectivity index is 1.68. The maximum absolute atomic E-state index is 13.0. The molecule has 0 amide bonds. The zero-order valence-corrected chi connectivity index (χ0v) is 20.1. The Labute approximate surface area is 204 Å². The Morgan fingerprint density at radius 3 is 2.57 bits per heavy atom. The van der Waals surface area contributed by atoms with Crippen LogP contribution in [0.15, 0.2) is 33.8 Å². The Kier molecular flexibility index (Phi) is 6.51. The largest absolute Gasteiger partial charge is 0.451 e. The predicted molar refractivity (Wildman–Crippen MR) is 126 cm³/mol. The van der Waals surface area contributed by atoms with Gasteiger partial charge in [0, 0.05) is 16.1 Å². The normalized spacial score (nSPS) is 12.4. The second kappa shape index (κ2) is 9.13. The van der Waals surface area contributed by atoms with Gasteiger partial charge in [0.15, 0.2) is 11.4 Å². The smallest absolute Gasteiger partial charge is 0.416 e. The van der Waals surface area contributed by atoms with Crippen molar-refractivity contribution in [1.82, 2.24) is 14.8 Å². The number of aromatic nitrogens is 3. The fraction of sp³-hybridized carbons (Fsp3) is 0.318. The van der Waals surface area contributed by atoms with Gasteiger partial charge in [0.2, 0.25) is 0 Å². The van der Waals surface area contributed by atoms with Gasteiger partial charge in [-0.25, -0.2) is 9.67 Å². The highest BCUT2D eigenvalue weighted by Gasteiger charge is 2.33. The SMILES string of the molecule is CC(C)(OC(=O)CN)C(=O)Cc1nn(Cc2nc3cc(C(F)(F)F)ccc3s2)c(=O)c2cscc12. The van der Waals surface area contributed by atoms with Gasteiger partial charge < -0.3 is 10.5 Å². The van der Waals surface area contributed by atoms with Crippen LogP contribution >= 0.6 is 22.7 Å². The summed E-state index contributed by atoms with van der Waals surface area (Å²) in [5.41, 5.74) is 3.06. The molecule has 0 atom stereocenters. The van der Waals surface area contributed by atoms with Gasteiger partial charge in [-0.15, -0.1) is 11.3 Å². The van der Waals surface area contributed by atoms with Gasteiger partial charge in [-0.1, -0.05) is 0 Å². The summed E-state index contributed by atoms with van der Waals surface area (Å²) in [7, 11) is 0. The van der Waals surface area contributed by atoms with Gasteiger partial charge in [-0.3, -0.25) is 14.4 Å². The molecule has 0 aliphatic heterocycles. The van der Waals surface area contributed by atoms with Gasteiger partial charge in [0.1, 0.15) is 5.01 Å². The zero-order chi connectivity index (χ0) is 25.5. The van der Waals surface area contributed by atoms with Gasteiger partial charge in [-0.05, 0) is 32.0 Å². The Hall–Kier alpha value is -3.16. The summed E-state index contributed by atoms with van der Waals surface area (Å²) >= 11 is 2.42. The maximum atomic E-state index is 13.0. The first-order valence-electron chi connectivity index (χ1n) is 10.3. The first-order chi connectivity index (χ1) is 16.4. The number of alkyl halides is 3. The standard InChI is InChI=1S/C22H19F3N4O4S2/c1-21(2,33-19(31)7-26)17(30)6-14-12-9-34-10-13(12)20(32)29(28-14)8-18-27-15-5-11(22(23,24)25)3-4-16(15)35-18/h3-5,9-10H,6-8,26H2,1-2H3. The third kappa shape index (κ3) is 5.11. The van der Waals surface area contributed by atoms with Crippen LogP contribution in [0, 0.1) is 0 Å². The number of fused-ring (bicyclic) bond motifs is 2. The number of thiazole rings is 1. The monoisotopic (exact) mass is 524 g/mol. The van der Waals surface area contributed by atoms with Crippen LogP contribution in [-0.4, -0.2) is 38.7 Å². The van der Waals surface area contributed by atoms with Crippen molar-refractivity contribution in [1.29, 1.82) is 0 Å². The number of esters is 1. The van der Waals surface area contributed by atoms with Crippen molar-refractivity contribution < 1.29 is 27.5 Å². The fourth-order valence-electron chi connectivity index (χ4n) is 3.40. The molecule has 0 spiro atoms. The molecular formula is C22H19F3N4O4S2. The van der Waals surface area contributed by atoms with E-state index in [1.807, 2.05) is 0 Å². The van der Waals surface area contributed by atoms with Gasteiger partial charge in [-0.2, -0.15) is 29.6 Å². The first-order valence-corrected chi connectivity index (χ1v) is 12.0. The maximum Gasteiger partial charge on any atom is 0.416 e. The second-order valence-electron chi connectivity index (χ2n) is 8.18. The zero-order valence-electron chi connectivity index (χ0n) is 18.5. The lowest BCUT2D eigenvalue weighted by Gasteiger charge is -2.23. The molecule has 0 saturated heterocycles. The summed E-state index contributed by atoms with van der Waals surface area (Å²) in [4.78, 5) is 41.7. The molecule has 184 valence electrons. The molecule has 13 heteroatoms. The van der Waals surface area contributed by atoms with E-state index in [0.29, 0.717) is 26.2 Å². The highest BCUT2D eigenvalue weighted by molar-refractivity contribution is 7.18. The van der Waals surface area contributed by atoms with Crippen LogP contribution in [0.3, 0.4) is 0 Å².